The molecule has 2 aliphatic rings. The Morgan fingerprint density at radius 2 is 1.85 bits per heavy atom. The molecule has 26 heavy (non-hydrogen) atoms. The maximum atomic E-state index is 11.6. The van der Waals surface area contributed by atoms with Gasteiger partial charge in [0.2, 0.25) is 0 Å². The minimum absolute atomic E-state index is 0.0247. The second kappa shape index (κ2) is 6.14. The van der Waals surface area contributed by atoms with Gasteiger partial charge >= 0.3 is 0 Å². The molecule has 132 valence electrons. The van der Waals surface area contributed by atoms with Gasteiger partial charge in [-0.1, -0.05) is 12.1 Å². The van der Waals surface area contributed by atoms with E-state index in [1.165, 1.54) is 18.2 Å². The predicted molar refractivity (Wildman–Crippen MR) is 101 cm³/mol. The van der Waals surface area contributed by atoms with E-state index in [0.29, 0.717) is 11.1 Å². The number of benzene rings is 2. The van der Waals surface area contributed by atoms with Gasteiger partial charge in [-0.2, -0.15) is 0 Å². The molecule has 1 saturated heterocycles. The lowest BCUT2D eigenvalue weighted by molar-refractivity contribution is -0.385. The van der Waals surface area contributed by atoms with Crippen molar-refractivity contribution in [2.75, 3.05) is 19.3 Å². The fourth-order valence-corrected chi connectivity index (χ4v) is 4.72. The molecule has 1 aliphatic heterocycles. The van der Waals surface area contributed by atoms with Crippen LogP contribution in [0.15, 0.2) is 41.4 Å². The van der Waals surface area contributed by atoms with Gasteiger partial charge in [-0.15, -0.1) is 11.8 Å². The molecule has 4 rings (SSSR count). The van der Waals surface area contributed by atoms with Gasteiger partial charge < -0.3 is 4.90 Å². The molecule has 0 unspecified atom stereocenters. The first kappa shape index (κ1) is 16.6. The average molecular weight is 369 g/mol. The second-order valence-corrected chi connectivity index (χ2v) is 7.33. The van der Waals surface area contributed by atoms with Crippen molar-refractivity contribution < 1.29 is 9.85 Å². The highest BCUT2D eigenvalue weighted by atomic mass is 32.2. The van der Waals surface area contributed by atoms with Gasteiger partial charge in [0.05, 0.1) is 20.4 Å². The summed E-state index contributed by atoms with van der Waals surface area (Å²) in [7, 11) is 2.01. The number of nitrogens with zero attached hydrogens (tertiary/aromatic N) is 3. The summed E-state index contributed by atoms with van der Waals surface area (Å²) in [5, 5.41) is 23.9. The van der Waals surface area contributed by atoms with E-state index in [1.54, 1.807) is 23.9 Å². The largest absolute Gasteiger partial charge is 0.369 e. The molecule has 0 saturated carbocycles. The Labute approximate surface area is 153 Å². The standard InChI is InChI=1S/C18H15N3O4S/c1-19-8-3-9-26-18(19)17-12-7-6-11(20(22)23)10-14(12)16-13(17)4-2-5-15(16)21(24)25/h2,4-7,10H,3,8-9H2,1H3/b18-17+. The van der Waals surface area contributed by atoms with E-state index in [0.717, 1.165) is 40.4 Å². The van der Waals surface area contributed by atoms with Crippen molar-refractivity contribution in [2.45, 2.75) is 6.42 Å². The van der Waals surface area contributed by atoms with Crippen molar-refractivity contribution in [2.24, 2.45) is 0 Å². The van der Waals surface area contributed by atoms with Gasteiger partial charge in [0.1, 0.15) is 0 Å². The van der Waals surface area contributed by atoms with E-state index in [4.69, 9.17) is 0 Å². The van der Waals surface area contributed by atoms with Crippen LogP contribution < -0.4 is 0 Å². The van der Waals surface area contributed by atoms with Crippen molar-refractivity contribution in [1.29, 1.82) is 0 Å². The molecular weight excluding hydrogens is 354 g/mol. The third-order valence-electron chi connectivity index (χ3n) is 4.70. The fourth-order valence-electron chi connectivity index (χ4n) is 3.58. The highest BCUT2D eigenvalue weighted by molar-refractivity contribution is 8.03. The Hall–Kier alpha value is -2.87. The molecule has 0 spiro atoms. The lowest BCUT2D eigenvalue weighted by Crippen LogP contribution is -2.23. The lowest BCUT2D eigenvalue weighted by Gasteiger charge is -2.29. The SMILES string of the molecule is CN1CCCS/C1=C1\c2ccc([N+](=O)[O-])cc2-c2c1cccc2[N+](=O)[O-]. The molecule has 0 aromatic heterocycles. The normalized spacial score (nSPS) is 18.4. The number of fused-ring (bicyclic) bond motifs is 3. The van der Waals surface area contributed by atoms with Gasteiger partial charge in [0.25, 0.3) is 11.4 Å². The molecule has 1 aliphatic carbocycles. The molecular formula is C18H15N3O4S. The number of nitro benzene ring substituents is 2. The van der Waals surface area contributed by atoms with E-state index in [9.17, 15) is 20.2 Å². The average Bonchev–Trinajstić information content (AvgIpc) is 2.95. The van der Waals surface area contributed by atoms with Crippen LogP contribution in [0.4, 0.5) is 11.4 Å². The maximum Gasteiger partial charge on any atom is 0.277 e. The van der Waals surface area contributed by atoms with E-state index in [1.807, 2.05) is 13.1 Å². The molecule has 2 aromatic rings. The first-order valence-corrected chi connectivity index (χ1v) is 9.13. The molecule has 1 fully saturated rings. The zero-order chi connectivity index (χ0) is 18.4. The van der Waals surface area contributed by atoms with Crippen LogP contribution in [0.2, 0.25) is 0 Å². The number of nitro groups is 2. The molecule has 0 radical (unpaired) electrons. The molecule has 1 heterocycles. The Balaban J connectivity index is 2.07. The van der Waals surface area contributed by atoms with Crippen LogP contribution in [0.3, 0.4) is 0 Å². The van der Waals surface area contributed by atoms with Crippen LogP contribution in [0.1, 0.15) is 17.5 Å². The summed E-state index contributed by atoms with van der Waals surface area (Å²) in [6.45, 7) is 0.915. The molecule has 0 atom stereocenters. The van der Waals surface area contributed by atoms with Crippen LogP contribution >= 0.6 is 11.8 Å². The molecule has 7 nitrogen and oxygen atoms in total. The smallest absolute Gasteiger partial charge is 0.277 e. The van der Waals surface area contributed by atoms with Gasteiger partial charge in [0, 0.05) is 48.7 Å². The predicted octanol–water partition coefficient (Wildman–Crippen LogP) is 4.27. The Kier molecular flexibility index (Phi) is 3.91. The molecule has 8 heteroatoms. The molecule has 0 bridgehead atoms. The molecule has 0 N–H and O–H groups in total. The third kappa shape index (κ3) is 2.45. The van der Waals surface area contributed by atoms with Gasteiger partial charge in [-0.25, -0.2) is 0 Å². The van der Waals surface area contributed by atoms with E-state index >= 15 is 0 Å². The van der Waals surface area contributed by atoms with Crippen LogP contribution in [0.25, 0.3) is 16.7 Å². The Morgan fingerprint density at radius 3 is 2.54 bits per heavy atom. The Morgan fingerprint density at radius 1 is 1.04 bits per heavy atom. The quantitative estimate of drug-likeness (QED) is 0.495. The lowest BCUT2D eigenvalue weighted by atomic mass is 10.0. The van der Waals surface area contributed by atoms with Crippen molar-refractivity contribution in [1.82, 2.24) is 4.90 Å². The number of rotatable bonds is 2. The number of non-ortho nitro benzene ring substituents is 1. The zero-order valence-corrected chi connectivity index (χ0v) is 14.8. The second-order valence-electron chi connectivity index (χ2n) is 6.25. The minimum Gasteiger partial charge on any atom is -0.369 e. The van der Waals surface area contributed by atoms with Crippen molar-refractivity contribution in [3.05, 3.63) is 72.8 Å². The van der Waals surface area contributed by atoms with Crippen LogP contribution in [0, 0.1) is 20.2 Å². The fraction of sp³-hybridized carbons (Fsp3) is 0.222. The van der Waals surface area contributed by atoms with Crippen LogP contribution in [0.5, 0.6) is 0 Å². The van der Waals surface area contributed by atoms with Crippen molar-refractivity contribution in [3.63, 3.8) is 0 Å². The number of thioether (sulfide) groups is 1. The highest BCUT2D eigenvalue weighted by Crippen LogP contribution is 2.52. The Bertz CT molecular complexity index is 986. The third-order valence-corrected chi connectivity index (χ3v) is 5.98. The van der Waals surface area contributed by atoms with Crippen LogP contribution in [-0.4, -0.2) is 34.1 Å². The topological polar surface area (TPSA) is 89.5 Å². The monoisotopic (exact) mass is 369 g/mol. The first-order chi connectivity index (χ1) is 12.5. The maximum absolute atomic E-state index is 11.6. The van der Waals surface area contributed by atoms with Crippen molar-refractivity contribution in [3.8, 4) is 11.1 Å². The van der Waals surface area contributed by atoms with Crippen LogP contribution in [-0.2, 0) is 0 Å². The molecule has 0 amide bonds. The minimum atomic E-state index is -0.471. The van der Waals surface area contributed by atoms with E-state index in [-0.39, 0.29) is 11.4 Å². The summed E-state index contributed by atoms with van der Waals surface area (Å²) in [5.41, 5.74) is 3.46. The summed E-state index contributed by atoms with van der Waals surface area (Å²) < 4.78 is 0. The van der Waals surface area contributed by atoms with E-state index in [2.05, 4.69) is 4.90 Å². The van der Waals surface area contributed by atoms with E-state index < -0.39 is 9.85 Å². The van der Waals surface area contributed by atoms with Crippen molar-refractivity contribution >= 4 is 28.7 Å². The summed E-state index contributed by atoms with van der Waals surface area (Å²) in [5.74, 6) is 0.982. The molecule has 2 aromatic carbocycles. The number of hydrogen-bond acceptors (Lipinski definition) is 6. The summed E-state index contributed by atoms with van der Waals surface area (Å²) in [4.78, 5) is 24.1. The van der Waals surface area contributed by atoms with Gasteiger partial charge in [0.15, 0.2) is 0 Å². The summed E-state index contributed by atoms with van der Waals surface area (Å²) in [6, 6.07) is 9.60. The zero-order valence-electron chi connectivity index (χ0n) is 14.0. The van der Waals surface area contributed by atoms with Gasteiger partial charge in [-0.3, -0.25) is 20.2 Å². The highest BCUT2D eigenvalue weighted by Gasteiger charge is 2.34. The van der Waals surface area contributed by atoms with Gasteiger partial charge in [-0.05, 0) is 23.6 Å². The summed E-state index contributed by atoms with van der Waals surface area (Å²) in [6.07, 6.45) is 1.08. The first-order valence-electron chi connectivity index (χ1n) is 8.14. The number of hydrogen-bond donors (Lipinski definition) is 0. The summed E-state index contributed by atoms with van der Waals surface area (Å²) >= 11 is 1.72.